The van der Waals surface area contributed by atoms with Gasteiger partial charge in [0.1, 0.15) is 11.4 Å². The number of methoxy groups -OCH3 is 1. The number of ether oxygens (including phenoxy) is 1. The van der Waals surface area contributed by atoms with Crippen molar-refractivity contribution in [2.75, 3.05) is 13.7 Å². The fraction of sp³-hybridized carbons (Fsp3) is 0.407. The zero-order valence-electron chi connectivity index (χ0n) is 18.7. The van der Waals surface area contributed by atoms with E-state index in [1.54, 1.807) is 12.0 Å². The van der Waals surface area contributed by atoms with E-state index in [-0.39, 0.29) is 17.9 Å². The molecule has 32 heavy (non-hydrogen) atoms. The summed E-state index contributed by atoms with van der Waals surface area (Å²) >= 11 is 0. The van der Waals surface area contributed by atoms with Gasteiger partial charge in [-0.05, 0) is 36.5 Å². The van der Waals surface area contributed by atoms with Crippen molar-refractivity contribution in [3.8, 4) is 5.75 Å². The van der Waals surface area contributed by atoms with Crippen LogP contribution in [0, 0.1) is 0 Å². The molecule has 1 saturated carbocycles. The van der Waals surface area contributed by atoms with E-state index in [1.807, 2.05) is 30.3 Å². The maximum Gasteiger partial charge on any atom is 0.278 e. The minimum atomic E-state index is -0.166. The van der Waals surface area contributed by atoms with Crippen molar-refractivity contribution in [2.45, 2.75) is 57.5 Å². The number of para-hydroxylation sites is 1. The molecule has 1 aliphatic carbocycles. The third kappa shape index (κ3) is 3.60. The summed E-state index contributed by atoms with van der Waals surface area (Å²) in [5.41, 5.74) is 4.28. The van der Waals surface area contributed by atoms with Crippen LogP contribution >= 0.6 is 0 Å². The summed E-state index contributed by atoms with van der Waals surface area (Å²) in [6, 6.07) is 15.9. The molecular weight excluding hydrogens is 400 g/mol. The molecule has 0 atom stereocenters. The summed E-state index contributed by atoms with van der Waals surface area (Å²) in [7, 11) is 1.61. The Morgan fingerprint density at radius 2 is 1.53 bits per heavy atom. The van der Waals surface area contributed by atoms with Crippen molar-refractivity contribution >= 4 is 17.4 Å². The summed E-state index contributed by atoms with van der Waals surface area (Å²) in [5.74, 6) is 0.323. The molecule has 0 bridgehead atoms. The predicted octanol–water partition coefficient (Wildman–Crippen LogP) is 4.56. The highest BCUT2D eigenvalue weighted by Gasteiger charge is 2.45. The molecule has 5 nitrogen and oxygen atoms in total. The van der Waals surface area contributed by atoms with Crippen molar-refractivity contribution in [1.82, 2.24) is 9.80 Å². The number of carbonyl (C=O) groups is 2. The van der Waals surface area contributed by atoms with Crippen LogP contribution in [0.3, 0.4) is 0 Å². The number of carbonyl (C=O) groups excluding carboxylic acids is 2. The van der Waals surface area contributed by atoms with Crippen molar-refractivity contribution in [1.29, 1.82) is 0 Å². The number of benzene rings is 2. The second-order valence-electron chi connectivity index (χ2n) is 8.99. The number of rotatable bonds is 4. The molecule has 0 aromatic heterocycles. The molecule has 0 spiro atoms. The van der Waals surface area contributed by atoms with Gasteiger partial charge in [-0.25, -0.2) is 0 Å². The molecule has 2 aromatic rings. The van der Waals surface area contributed by atoms with E-state index in [0.717, 1.165) is 38.6 Å². The fourth-order valence-electron chi connectivity index (χ4n) is 5.46. The number of nitrogens with zero attached hydrogens (tertiary/aromatic N) is 2. The van der Waals surface area contributed by atoms with Gasteiger partial charge < -0.3 is 9.64 Å². The van der Waals surface area contributed by atoms with Crippen LogP contribution in [0.2, 0.25) is 0 Å². The van der Waals surface area contributed by atoms with Gasteiger partial charge in [-0.15, -0.1) is 0 Å². The molecule has 166 valence electrons. The van der Waals surface area contributed by atoms with Crippen LogP contribution in [0.1, 0.15) is 55.2 Å². The molecule has 2 aromatic carbocycles. The van der Waals surface area contributed by atoms with E-state index in [1.165, 1.54) is 24.0 Å². The van der Waals surface area contributed by atoms with Crippen molar-refractivity contribution in [2.24, 2.45) is 0 Å². The number of amides is 2. The van der Waals surface area contributed by atoms with E-state index in [4.69, 9.17) is 4.74 Å². The lowest BCUT2D eigenvalue weighted by Crippen LogP contribution is -2.43. The Morgan fingerprint density at radius 3 is 2.28 bits per heavy atom. The zero-order valence-corrected chi connectivity index (χ0v) is 18.7. The number of hydrogen-bond acceptors (Lipinski definition) is 4. The molecule has 2 heterocycles. The second-order valence-corrected chi connectivity index (χ2v) is 8.99. The van der Waals surface area contributed by atoms with Crippen molar-refractivity contribution in [3.63, 3.8) is 0 Å². The molecule has 5 heteroatoms. The third-order valence-corrected chi connectivity index (χ3v) is 7.10. The molecule has 2 amide bonds. The fourth-order valence-corrected chi connectivity index (χ4v) is 5.46. The molecule has 0 radical (unpaired) electrons. The van der Waals surface area contributed by atoms with Gasteiger partial charge in [-0.1, -0.05) is 68.1 Å². The molecule has 0 N–H and O–H groups in total. The van der Waals surface area contributed by atoms with Crippen LogP contribution in [0.15, 0.2) is 54.2 Å². The molecule has 3 aliphatic rings. The van der Waals surface area contributed by atoms with Gasteiger partial charge in [-0.2, -0.15) is 0 Å². The average Bonchev–Trinajstić information content (AvgIpc) is 2.98. The van der Waals surface area contributed by atoms with E-state index in [0.29, 0.717) is 29.1 Å². The standard InChI is InChI=1S/C27H30N2O3/c1-32-23-15-9-8-14-22(23)24-25(28-17-16-19-10-6-7-11-20(19)18-28)27(31)29(26(24)30)21-12-4-2-3-5-13-21/h6-11,14-15,21H,2-5,12-13,16-18H2,1H3. The maximum atomic E-state index is 13.9. The monoisotopic (exact) mass is 430 g/mol. The van der Waals surface area contributed by atoms with Crippen LogP contribution < -0.4 is 4.74 Å². The summed E-state index contributed by atoms with van der Waals surface area (Å²) in [5, 5.41) is 0. The Hall–Kier alpha value is -3.08. The predicted molar refractivity (Wildman–Crippen MR) is 124 cm³/mol. The number of imide groups is 1. The van der Waals surface area contributed by atoms with E-state index < -0.39 is 0 Å². The topological polar surface area (TPSA) is 49.9 Å². The normalized spacial score (nSPS) is 19.9. The van der Waals surface area contributed by atoms with E-state index in [9.17, 15) is 9.59 Å². The van der Waals surface area contributed by atoms with Gasteiger partial charge in [0.05, 0.1) is 12.7 Å². The summed E-state index contributed by atoms with van der Waals surface area (Å²) < 4.78 is 5.60. The van der Waals surface area contributed by atoms with Gasteiger partial charge in [0.2, 0.25) is 0 Å². The zero-order chi connectivity index (χ0) is 22.1. The van der Waals surface area contributed by atoms with Crippen LogP contribution in [-0.4, -0.2) is 41.3 Å². The van der Waals surface area contributed by atoms with Gasteiger partial charge in [0, 0.05) is 24.7 Å². The summed E-state index contributed by atoms with van der Waals surface area (Å²) in [4.78, 5) is 31.4. The second kappa shape index (κ2) is 8.81. The SMILES string of the molecule is COc1ccccc1C1=C(N2CCc3ccccc3C2)C(=O)N(C2CCCCCC2)C1=O. The van der Waals surface area contributed by atoms with E-state index >= 15 is 0 Å². The molecule has 2 aliphatic heterocycles. The first-order valence-corrected chi connectivity index (χ1v) is 11.8. The van der Waals surface area contributed by atoms with Crippen LogP contribution in [0.25, 0.3) is 5.57 Å². The lowest BCUT2D eigenvalue weighted by atomic mass is 9.97. The first-order chi connectivity index (χ1) is 15.7. The molecule has 1 fully saturated rings. The minimum absolute atomic E-state index is 0.0169. The maximum absolute atomic E-state index is 13.9. The Labute approximate surface area is 189 Å². The Balaban J connectivity index is 1.59. The van der Waals surface area contributed by atoms with Gasteiger partial charge in [-0.3, -0.25) is 14.5 Å². The highest BCUT2D eigenvalue weighted by atomic mass is 16.5. The Kier molecular flexibility index (Phi) is 5.73. The van der Waals surface area contributed by atoms with Gasteiger partial charge in [0.25, 0.3) is 11.8 Å². The average molecular weight is 431 g/mol. The van der Waals surface area contributed by atoms with Crippen molar-refractivity contribution in [3.05, 3.63) is 70.9 Å². The first kappa shape index (κ1) is 20.8. The smallest absolute Gasteiger partial charge is 0.278 e. The quantitative estimate of drug-likeness (QED) is 0.527. The van der Waals surface area contributed by atoms with Crippen LogP contribution in [-0.2, 0) is 22.6 Å². The van der Waals surface area contributed by atoms with Gasteiger partial charge >= 0.3 is 0 Å². The first-order valence-electron chi connectivity index (χ1n) is 11.8. The largest absolute Gasteiger partial charge is 0.496 e. The summed E-state index contributed by atoms with van der Waals surface area (Å²) in [6.07, 6.45) is 7.14. The summed E-state index contributed by atoms with van der Waals surface area (Å²) in [6.45, 7) is 1.37. The van der Waals surface area contributed by atoms with Crippen molar-refractivity contribution < 1.29 is 14.3 Å². The third-order valence-electron chi connectivity index (χ3n) is 7.10. The van der Waals surface area contributed by atoms with Crippen LogP contribution in [0.4, 0.5) is 0 Å². The minimum Gasteiger partial charge on any atom is -0.496 e. The highest BCUT2D eigenvalue weighted by molar-refractivity contribution is 6.36. The Morgan fingerprint density at radius 1 is 0.844 bits per heavy atom. The molecule has 5 rings (SSSR count). The lowest BCUT2D eigenvalue weighted by Gasteiger charge is -2.32. The molecular formula is C27H30N2O3. The molecule has 0 unspecified atom stereocenters. The van der Waals surface area contributed by atoms with Crippen LogP contribution in [0.5, 0.6) is 5.75 Å². The Bertz CT molecular complexity index is 1070. The lowest BCUT2D eigenvalue weighted by molar-refractivity contribution is -0.140. The number of hydrogen-bond donors (Lipinski definition) is 0. The van der Waals surface area contributed by atoms with E-state index in [2.05, 4.69) is 23.1 Å². The highest BCUT2D eigenvalue weighted by Crippen LogP contribution is 2.40. The molecule has 0 saturated heterocycles. The number of fused-ring (bicyclic) bond motifs is 1. The van der Waals surface area contributed by atoms with Gasteiger partial charge in [0.15, 0.2) is 0 Å².